The summed E-state index contributed by atoms with van der Waals surface area (Å²) in [4.78, 5) is 2.46. The second-order valence-electron chi connectivity index (χ2n) is 4.79. The summed E-state index contributed by atoms with van der Waals surface area (Å²) in [5.41, 5.74) is 0. The lowest BCUT2D eigenvalue weighted by atomic mass is 10.2. The highest BCUT2D eigenvalue weighted by molar-refractivity contribution is 5.23. The molecule has 3 nitrogen and oxygen atoms in total. The highest BCUT2D eigenvalue weighted by atomic mass is 19.1. The first-order valence-electron chi connectivity index (χ1n) is 6.18. The topological polar surface area (TPSA) is 24.5 Å². The van der Waals surface area contributed by atoms with E-state index >= 15 is 0 Å². The molecule has 3 rings (SSSR count). The molecular weight excluding hydrogens is 219 g/mol. The smallest absolute Gasteiger partial charge is 0.126 e. The van der Waals surface area contributed by atoms with E-state index in [0.717, 1.165) is 32.6 Å². The number of rotatable bonds is 2. The van der Waals surface area contributed by atoms with Crippen LogP contribution in [0.25, 0.3) is 0 Å². The molecular formula is C13H17FN2O. The van der Waals surface area contributed by atoms with Crippen molar-refractivity contribution in [2.75, 3.05) is 26.2 Å². The summed E-state index contributed by atoms with van der Waals surface area (Å²) in [6.45, 7) is 4.16. The average molecular weight is 236 g/mol. The Morgan fingerprint density at radius 1 is 1.41 bits per heavy atom. The van der Waals surface area contributed by atoms with Crippen molar-refractivity contribution in [3.05, 3.63) is 30.1 Å². The number of ether oxygens (including phenoxy) is 1. The van der Waals surface area contributed by atoms with Crippen molar-refractivity contribution < 1.29 is 9.13 Å². The predicted molar refractivity (Wildman–Crippen MR) is 63.7 cm³/mol. The summed E-state index contributed by atoms with van der Waals surface area (Å²) in [5, 5.41) is 3.39. The molecule has 0 bridgehead atoms. The number of halogens is 1. The van der Waals surface area contributed by atoms with Crippen LogP contribution in [0.15, 0.2) is 24.3 Å². The number of benzene rings is 1. The fraction of sp³-hybridized carbons (Fsp3) is 0.538. The Hall–Kier alpha value is -1.13. The maximum absolute atomic E-state index is 13.0. The average Bonchev–Trinajstić information content (AvgIpc) is 2.71. The van der Waals surface area contributed by atoms with Gasteiger partial charge in [0.15, 0.2) is 0 Å². The molecule has 2 heterocycles. The summed E-state index contributed by atoms with van der Waals surface area (Å²) in [6.07, 6.45) is 1.23. The zero-order valence-electron chi connectivity index (χ0n) is 9.73. The van der Waals surface area contributed by atoms with Gasteiger partial charge in [-0.1, -0.05) is 6.07 Å². The third kappa shape index (κ3) is 2.42. The van der Waals surface area contributed by atoms with E-state index in [0.29, 0.717) is 11.8 Å². The van der Waals surface area contributed by atoms with Crippen molar-refractivity contribution in [2.45, 2.75) is 18.6 Å². The Morgan fingerprint density at radius 3 is 3.18 bits per heavy atom. The molecule has 17 heavy (non-hydrogen) atoms. The van der Waals surface area contributed by atoms with Crippen LogP contribution >= 0.6 is 0 Å². The number of hydrogen-bond acceptors (Lipinski definition) is 3. The van der Waals surface area contributed by atoms with Crippen LogP contribution in [0.1, 0.15) is 6.42 Å². The highest BCUT2D eigenvalue weighted by Crippen LogP contribution is 2.24. The number of hydrogen-bond donors (Lipinski definition) is 1. The van der Waals surface area contributed by atoms with Crippen LogP contribution in [0.5, 0.6) is 5.75 Å². The first-order valence-corrected chi connectivity index (χ1v) is 6.18. The minimum atomic E-state index is -0.236. The van der Waals surface area contributed by atoms with E-state index in [1.165, 1.54) is 12.1 Å². The van der Waals surface area contributed by atoms with Crippen LogP contribution in [0.2, 0.25) is 0 Å². The molecule has 0 spiro atoms. The third-order valence-corrected chi connectivity index (χ3v) is 3.54. The van der Waals surface area contributed by atoms with Gasteiger partial charge in [0.1, 0.15) is 17.7 Å². The van der Waals surface area contributed by atoms with Crippen molar-refractivity contribution in [3.8, 4) is 5.75 Å². The van der Waals surface area contributed by atoms with Crippen molar-refractivity contribution in [3.63, 3.8) is 0 Å². The zero-order valence-corrected chi connectivity index (χ0v) is 9.73. The highest BCUT2D eigenvalue weighted by Gasteiger charge is 2.34. The van der Waals surface area contributed by atoms with Gasteiger partial charge in [-0.3, -0.25) is 4.90 Å². The second-order valence-corrected chi connectivity index (χ2v) is 4.79. The summed E-state index contributed by atoms with van der Waals surface area (Å²) in [7, 11) is 0. The van der Waals surface area contributed by atoms with Crippen LogP contribution in [-0.4, -0.2) is 43.2 Å². The van der Waals surface area contributed by atoms with E-state index in [1.54, 1.807) is 6.07 Å². The van der Waals surface area contributed by atoms with Gasteiger partial charge in [-0.15, -0.1) is 0 Å². The first-order chi connectivity index (χ1) is 8.31. The van der Waals surface area contributed by atoms with Crippen LogP contribution in [0.3, 0.4) is 0 Å². The quantitative estimate of drug-likeness (QED) is 0.836. The fourth-order valence-corrected chi connectivity index (χ4v) is 2.73. The zero-order chi connectivity index (χ0) is 11.7. The van der Waals surface area contributed by atoms with E-state index in [2.05, 4.69) is 10.2 Å². The van der Waals surface area contributed by atoms with E-state index in [4.69, 9.17) is 4.74 Å². The molecule has 1 N–H and O–H groups in total. The van der Waals surface area contributed by atoms with Crippen molar-refractivity contribution in [2.24, 2.45) is 0 Å². The molecule has 1 aromatic rings. The van der Waals surface area contributed by atoms with Gasteiger partial charge in [-0.2, -0.15) is 0 Å². The van der Waals surface area contributed by atoms with E-state index in [9.17, 15) is 4.39 Å². The van der Waals surface area contributed by atoms with Gasteiger partial charge in [0.2, 0.25) is 0 Å². The molecule has 2 aliphatic rings. The number of fused-ring (bicyclic) bond motifs is 1. The number of piperazine rings is 1. The van der Waals surface area contributed by atoms with E-state index in [1.807, 2.05) is 6.07 Å². The molecule has 2 saturated heterocycles. The Balaban J connectivity index is 1.63. The minimum absolute atomic E-state index is 0.196. The molecule has 1 aromatic carbocycles. The van der Waals surface area contributed by atoms with Crippen LogP contribution in [0.4, 0.5) is 4.39 Å². The molecule has 0 radical (unpaired) electrons. The largest absolute Gasteiger partial charge is 0.489 e. The molecule has 0 aliphatic carbocycles. The molecule has 0 saturated carbocycles. The lowest BCUT2D eigenvalue weighted by Crippen LogP contribution is -2.47. The molecule has 2 fully saturated rings. The summed E-state index contributed by atoms with van der Waals surface area (Å²) >= 11 is 0. The summed E-state index contributed by atoms with van der Waals surface area (Å²) in [6, 6.07) is 6.99. The lowest BCUT2D eigenvalue weighted by Gasteiger charge is -2.29. The lowest BCUT2D eigenvalue weighted by molar-refractivity contribution is 0.186. The first kappa shape index (κ1) is 11.0. The number of nitrogens with zero attached hydrogens (tertiary/aromatic N) is 1. The maximum atomic E-state index is 13.0. The second kappa shape index (κ2) is 4.63. The molecule has 4 heteroatoms. The summed E-state index contributed by atoms with van der Waals surface area (Å²) < 4.78 is 18.9. The van der Waals surface area contributed by atoms with Crippen molar-refractivity contribution in [1.82, 2.24) is 10.2 Å². The molecule has 0 amide bonds. The monoisotopic (exact) mass is 236 g/mol. The number of nitrogens with one attached hydrogen (secondary N) is 1. The van der Waals surface area contributed by atoms with Gasteiger partial charge in [-0.25, -0.2) is 4.39 Å². The third-order valence-electron chi connectivity index (χ3n) is 3.54. The molecule has 2 atom stereocenters. The molecule has 0 unspecified atom stereocenters. The van der Waals surface area contributed by atoms with Gasteiger partial charge >= 0.3 is 0 Å². The molecule has 2 aliphatic heterocycles. The minimum Gasteiger partial charge on any atom is -0.489 e. The maximum Gasteiger partial charge on any atom is 0.126 e. The van der Waals surface area contributed by atoms with Crippen molar-refractivity contribution >= 4 is 0 Å². The molecule has 92 valence electrons. The van der Waals surface area contributed by atoms with Gasteiger partial charge in [0.05, 0.1) is 0 Å². The van der Waals surface area contributed by atoms with Crippen LogP contribution in [0, 0.1) is 5.82 Å². The van der Waals surface area contributed by atoms with Gasteiger partial charge in [-0.05, 0) is 12.1 Å². The SMILES string of the molecule is Fc1cccc(O[C@@H]2C[C@@H]3CNCCN3C2)c1. The Labute approximate surface area is 101 Å². The Kier molecular flexibility index (Phi) is 2.99. The van der Waals surface area contributed by atoms with Crippen LogP contribution < -0.4 is 10.1 Å². The fourth-order valence-electron chi connectivity index (χ4n) is 2.73. The normalized spacial score (nSPS) is 29.0. The van der Waals surface area contributed by atoms with Crippen molar-refractivity contribution in [1.29, 1.82) is 0 Å². The van der Waals surface area contributed by atoms with Gasteiger partial charge in [0, 0.05) is 44.7 Å². The van der Waals surface area contributed by atoms with Crippen LogP contribution in [-0.2, 0) is 0 Å². The van der Waals surface area contributed by atoms with Gasteiger partial charge in [0.25, 0.3) is 0 Å². The van der Waals surface area contributed by atoms with E-state index in [-0.39, 0.29) is 11.9 Å². The summed E-state index contributed by atoms with van der Waals surface area (Å²) in [5.74, 6) is 0.405. The predicted octanol–water partition coefficient (Wildman–Crippen LogP) is 1.25. The standard InChI is InChI=1S/C13H17FN2O/c14-10-2-1-3-12(6-10)17-13-7-11-8-15-4-5-16(11)9-13/h1-3,6,11,13,15H,4-5,7-9H2/t11-,13-/m1/s1. The van der Waals surface area contributed by atoms with Gasteiger partial charge < -0.3 is 10.1 Å². The Bertz CT molecular complexity index is 385. The van der Waals surface area contributed by atoms with E-state index < -0.39 is 0 Å². The molecule has 0 aromatic heterocycles. The Morgan fingerprint density at radius 2 is 2.35 bits per heavy atom.